The lowest BCUT2D eigenvalue weighted by atomic mass is 10.1. The van der Waals surface area contributed by atoms with E-state index in [9.17, 15) is 4.79 Å². The minimum Gasteiger partial charge on any atom is -0.497 e. The molecule has 0 saturated heterocycles. The van der Waals surface area contributed by atoms with Gasteiger partial charge >= 0.3 is 5.63 Å². The SMILES string of the molecule is COc1cccc(-c2cc(=O)oc(-c3ccccc3OC)n2)c1. The molecule has 0 amide bonds. The highest BCUT2D eigenvalue weighted by atomic mass is 16.5. The van der Waals surface area contributed by atoms with Crippen molar-refractivity contribution in [1.29, 1.82) is 0 Å². The second kappa shape index (κ2) is 6.36. The summed E-state index contributed by atoms with van der Waals surface area (Å²) in [7, 11) is 3.15. The zero-order valence-electron chi connectivity index (χ0n) is 12.8. The van der Waals surface area contributed by atoms with Gasteiger partial charge in [-0.25, -0.2) is 9.78 Å². The van der Waals surface area contributed by atoms with Gasteiger partial charge in [-0.3, -0.25) is 0 Å². The number of para-hydroxylation sites is 1. The lowest BCUT2D eigenvalue weighted by Gasteiger charge is -2.08. The Kier molecular flexibility index (Phi) is 4.10. The summed E-state index contributed by atoms with van der Waals surface area (Å²) in [5, 5.41) is 0. The van der Waals surface area contributed by atoms with Crippen molar-refractivity contribution in [1.82, 2.24) is 4.98 Å². The molecule has 3 aromatic rings. The summed E-state index contributed by atoms with van der Waals surface area (Å²) in [6, 6.07) is 15.9. The molecule has 23 heavy (non-hydrogen) atoms. The van der Waals surface area contributed by atoms with Gasteiger partial charge in [0.05, 0.1) is 31.5 Å². The molecule has 5 nitrogen and oxygen atoms in total. The molecule has 1 aromatic heterocycles. The van der Waals surface area contributed by atoms with Gasteiger partial charge in [-0.2, -0.15) is 0 Å². The van der Waals surface area contributed by atoms with Crippen LogP contribution in [0.4, 0.5) is 0 Å². The van der Waals surface area contributed by atoms with Crippen molar-refractivity contribution in [3.63, 3.8) is 0 Å². The van der Waals surface area contributed by atoms with E-state index in [2.05, 4.69) is 4.98 Å². The summed E-state index contributed by atoms with van der Waals surface area (Å²) in [5.41, 5.74) is 1.44. The molecule has 2 aromatic carbocycles. The van der Waals surface area contributed by atoms with Crippen molar-refractivity contribution in [3.05, 3.63) is 65.0 Å². The zero-order valence-corrected chi connectivity index (χ0v) is 12.8. The average Bonchev–Trinajstić information content (AvgIpc) is 2.61. The number of hydrogen-bond donors (Lipinski definition) is 0. The van der Waals surface area contributed by atoms with Gasteiger partial charge in [0.25, 0.3) is 0 Å². The van der Waals surface area contributed by atoms with Gasteiger partial charge in [-0.1, -0.05) is 24.3 Å². The van der Waals surface area contributed by atoms with E-state index in [1.165, 1.54) is 6.07 Å². The van der Waals surface area contributed by atoms with Crippen LogP contribution >= 0.6 is 0 Å². The molecule has 0 aliphatic rings. The van der Waals surface area contributed by atoms with Crippen LogP contribution < -0.4 is 15.1 Å². The van der Waals surface area contributed by atoms with E-state index in [1.54, 1.807) is 26.4 Å². The molecule has 1 heterocycles. The highest BCUT2D eigenvalue weighted by molar-refractivity contribution is 5.67. The second-order valence-corrected chi connectivity index (χ2v) is 4.80. The molecule has 116 valence electrons. The molecular formula is C18H15NO4. The van der Waals surface area contributed by atoms with Gasteiger partial charge < -0.3 is 13.9 Å². The van der Waals surface area contributed by atoms with Crippen molar-refractivity contribution in [2.24, 2.45) is 0 Å². The molecule has 0 unspecified atom stereocenters. The second-order valence-electron chi connectivity index (χ2n) is 4.80. The summed E-state index contributed by atoms with van der Waals surface area (Å²) in [4.78, 5) is 16.4. The van der Waals surface area contributed by atoms with Crippen LogP contribution in [-0.4, -0.2) is 19.2 Å². The van der Waals surface area contributed by atoms with Gasteiger partial charge in [-0.15, -0.1) is 0 Å². The average molecular weight is 309 g/mol. The first-order valence-electron chi connectivity index (χ1n) is 7.01. The molecule has 0 aliphatic heterocycles. The highest BCUT2D eigenvalue weighted by Crippen LogP contribution is 2.29. The van der Waals surface area contributed by atoms with Crippen LogP contribution in [0.25, 0.3) is 22.7 Å². The Morgan fingerprint density at radius 3 is 2.57 bits per heavy atom. The van der Waals surface area contributed by atoms with Gasteiger partial charge in [0.2, 0.25) is 5.89 Å². The van der Waals surface area contributed by atoms with Gasteiger partial charge in [-0.05, 0) is 24.3 Å². The van der Waals surface area contributed by atoms with E-state index in [0.29, 0.717) is 22.8 Å². The predicted octanol–water partition coefficient (Wildman–Crippen LogP) is 3.39. The van der Waals surface area contributed by atoms with Crippen molar-refractivity contribution in [2.75, 3.05) is 14.2 Å². The van der Waals surface area contributed by atoms with E-state index >= 15 is 0 Å². The Hall–Kier alpha value is -3.08. The number of benzene rings is 2. The molecule has 0 aliphatic carbocycles. The third-order valence-electron chi connectivity index (χ3n) is 3.38. The van der Waals surface area contributed by atoms with Crippen LogP contribution in [0.2, 0.25) is 0 Å². The summed E-state index contributed by atoms with van der Waals surface area (Å²) in [6.45, 7) is 0. The van der Waals surface area contributed by atoms with Crippen molar-refractivity contribution >= 4 is 0 Å². The smallest absolute Gasteiger partial charge is 0.339 e. The normalized spacial score (nSPS) is 10.3. The maximum Gasteiger partial charge on any atom is 0.339 e. The molecule has 0 saturated carbocycles. The van der Waals surface area contributed by atoms with Gasteiger partial charge in [0.15, 0.2) is 0 Å². The molecule has 0 fully saturated rings. The quantitative estimate of drug-likeness (QED) is 0.739. The van der Waals surface area contributed by atoms with Crippen LogP contribution in [0.5, 0.6) is 11.5 Å². The number of aromatic nitrogens is 1. The van der Waals surface area contributed by atoms with Crippen molar-refractivity contribution in [3.8, 4) is 34.2 Å². The first kappa shape index (κ1) is 14.8. The Balaban J connectivity index is 2.14. The molecule has 0 bridgehead atoms. The largest absolute Gasteiger partial charge is 0.497 e. The minimum atomic E-state index is -0.473. The number of hydrogen-bond acceptors (Lipinski definition) is 5. The van der Waals surface area contributed by atoms with E-state index in [-0.39, 0.29) is 5.89 Å². The number of ether oxygens (including phenoxy) is 2. The number of nitrogens with zero attached hydrogens (tertiary/aromatic N) is 1. The molecule has 0 radical (unpaired) electrons. The van der Waals surface area contributed by atoms with Gasteiger partial charge in [0.1, 0.15) is 11.5 Å². The fourth-order valence-corrected chi connectivity index (χ4v) is 2.27. The summed E-state index contributed by atoms with van der Waals surface area (Å²) < 4.78 is 15.8. The van der Waals surface area contributed by atoms with E-state index in [0.717, 1.165) is 5.56 Å². The lowest BCUT2D eigenvalue weighted by Crippen LogP contribution is -2.02. The number of methoxy groups -OCH3 is 2. The Labute approximate surface area is 133 Å². The van der Waals surface area contributed by atoms with Crippen LogP contribution in [-0.2, 0) is 0 Å². The summed E-state index contributed by atoms with van der Waals surface area (Å²) in [6.07, 6.45) is 0. The maximum absolute atomic E-state index is 11.9. The fraction of sp³-hybridized carbons (Fsp3) is 0.111. The molecule has 0 atom stereocenters. The van der Waals surface area contributed by atoms with Crippen LogP contribution in [0, 0.1) is 0 Å². The first-order valence-corrected chi connectivity index (χ1v) is 7.01. The van der Waals surface area contributed by atoms with Gasteiger partial charge in [0, 0.05) is 5.56 Å². The number of rotatable bonds is 4. The van der Waals surface area contributed by atoms with E-state index in [4.69, 9.17) is 13.9 Å². The topological polar surface area (TPSA) is 61.6 Å². The lowest BCUT2D eigenvalue weighted by molar-refractivity contribution is 0.412. The fourth-order valence-electron chi connectivity index (χ4n) is 2.27. The maximum atomic E-state index is 11.9. The monoisotopic (exact) mass is 309 g/mol. The van der Waals surface area contributed by atoms with Crippen LogP contribution in [0.15, 0.2) is 63.8 Å². The van der Waals surface area contributed by atoms with Crippen LogP contribution in [0.3, 0.4) is 0 Å². The van der Waals surface area contributed by atoms with E-state index < -0.39 is 5.63 Å². The molecular weight excluding hydrogens is 294 g/mol. The first-order chi connectivity index (χ1) is 11.2. The molecule has 3 rings (SSSR count). The third-order valence-corrected chi connectivity index (χ3v) is 3.38. The molecule has 0 N–H and O–H groups in total. The zero-order chi connectivity index (χ0) is 16.2. The van der Waals surface area contributed by atoms with Crippen molar-refractivity contribution < 1.29 is 13.9 Å². The summed E-state index contributed by atoms with van der Waals surface area (Å²) in [5.74, 6) is 1.50. The highest BCUT2D eigenvalue weighted by Gasteiger charge is 2.12. The molecule has 0 spiro atoms. The third kappa shape index (κ3) is 3.08. The van der Waals surface area contributed by atoms with E-state index in [1.807, 2.05) is 36.4 Å². The molecule has 5 heteroatoms. The Morgan fingerprint density at radius 2 is 1.78 bits per heavy atom. The Bertz CT molecular complexity index is 886. The van der Waals surface area contributed by atoms with Crippen molar-refractivity contribution in [2.45, 2.75) is 0 Å². The summed E-state index contributed by atoms with van der Waals surface area (Å²) >= 11 is 0. The van der Waals surface area contributed by atoms with Crippen LogP contribution in [0.1, 0.15) is 0 Å². The standard InChI is InChI=1S/C18H15NO4/c1-21-13-7-5-6-12(10-13)15-11-17(20)23-18(19-15)14-8-3-4-9-16(14)22-2/h3-11H,1-2H3. The minimum absolute atomic E-state index is 0.216. The Morgan fingerprint density at radius 1 is 0.957 bits per heavy atom. The predicted molar refractivity (Wildman–Crippen MR) is 86.7 cm³/mol.